The Hall–Kier alpha value is -1.36. The van der Waals surface area contributed by atoms with Gasteiger partial charge in [-0.05, 0) is 30.7 Å². The summed E-state index contributed by atoms with van der Waals surface area (Å²) >= 11 is 0. The molecule has 4 rings (SSSR count). The van der Waals surface area contributed by atoms with Gasteiger partial charge in [-0.25, -0.2) is 0 Å². The number of nitrogens with one attached hydrogen (secondary N) is 1. The average molecular weight is 272 g/mol. The Morgan fingerprint density at radius 2 is 2.10 bits per heavy atom. The second-order valence-electron chi connectivity index (χ2n) is 5.78. The van der Waals surface area contributed by atoms with E-state index in [0.717, 1.165) is 45.7 Å². The summed E-state index contributed by atoms with van der Waals surface area (Å²) in [5.41, 5.74) is 2.58. The lowest BCUT2D eigenvalue weighted by Crippen LogP contribution is -2.48. The number of benzene rings is 1. The number of nitrogens with zero attached hydrogens (tertiary/aromatic N) is 1. The lowest BCUT2D eigenvalue weighted by molar-refractivity contribution is -0.190. The Morgan fingerprint density at radius 3 is 3.00 bits per heavy atom. The maximum Gasteiger partial charge on any atom is 0.181 e. The summed E-state index contributed by atoms with van der Waals surface area (Å²) in [6.45, 7) is 4.44. The van der Waals surface area contributed by atoms with E-state index in [1.807, 2.05) is 6.20 Å². The molecule has 1 spiro atoms. The van der Waals surface area contributed by atoms with Crippen molar-refractivity contribution in [3.8, 4) is 0 Å². The number of hydrogen-bond acceptors (Lipinski definition) is 3. The molecule has 2 saturated heterocycles. The summed E-state index contributed by atoms with van der Waals surface area (Å²) in [7, 11) is 0. The van der Waals surface area contributed by atoms with Crippen molar-refractivity contribution < 1.29 is 9.47 Å². The average Bonchev–Trinajstić information content (AvgIpc) is 3.09. The molecule has 20 heavy (non-hydrogen) atoms. The van der Waals surface area contributed by atoms with E-state index in [1.165, 1.54) is 16.5 Å². The summed E-state index contributed by atoms with van der Waals surface area (Å²) in [6.07, 6.45) is 4.18. The largest absolute Gasteiger partial charge is 0.361 e. The number of aromatic nitrogens is 1. The number of rotatable bonds is 2. The van der Waals surface area contributed by atoms with Crippen molar-refractivity contribution in [2.75, 3.05) is 26.3 Å². The monoisotopic (exact) mass is 272 g/mol. The van der Waals surface area contributed by atoms with Crippen LogP contribution in [-0.4, -0.2) is 42.0 Å². The number of likely N-dealkylation sites (tertiary alicyclic amines) is 1. The third-order valence-electron chi connectivity index (χ3n) is 4.39. The maximum absolute atomic E-state index is 5.85. The van der Waals surface area contributed by atoms with Gasteiger partial charge in [-0.3, -0.25) is 4.90 Å². The first kappa shape index (κ1) is 12.4. The van der Waals surface area contributed by atoms with Gasteiger partial charge in [0.1, 0.15) is 0 Å². The second kappa shape index (κ2) is 4.88. The summed E-state index contributed by atoms with van der Waals surface area (Å²) < 4.78 is 11.7. The molecule has 3 heterocycles. The number of aromatic amines is 1. The molecular weight excluding hydrogens is 252 g/mol. The van der Waals surface area contributed by atoms with Gasteiger partial charge in [-0.15, -0.1) is 0 Å². The van der Waals surface area contributed by atoms with Crippen LogP contribution in [0.4, 0.5) is 0 Å². The van der Waals surface area contributed by atoms with Gasteiger partial charge in [0.25, 0.3) is 0 Å². The first-order valence-corrected chi connectivity index (χ1v) is 7.40. The smallest absolute Gasteiger partial charge is 0.181 e. The minimum Gasteiger partial charge on any atom is -0.361 e. The van der Waals surface area contributed by atoms with Gasteiger partial charge in [-0.1, -0.05) is 12.1 Å². The molecule has 4 nitrogen and oxygen atoms in total. The fourth-order valence-corrected chi connectivity index (χ4v) is 3.47. The molecule has 2 aliphatic rings. The van der Waals surface area contributed by atoms with E-state index in [4.69, 9.17) is 9.47 Å². The highest BCUT2D eigenvalue weighted by molar-refractivity contribution is 5.82. The van der Waals surface area contributed by atoms with Crippen molar-refractivity contribution in [2.45, 2.75) is 25.2 Å². The number of H-pyrrole nitrogens is 1. The molecule has 0 bridgehead atoms. The van der Waals surface area contributed by atoms with Crippen LogP contribution in [0.1, 0.15) is 18.4 Å². The minimum atomic E-state index is -0.329. The Labute approximate surface area is 118 Å². The molecule has 2 aliphatic heterocycles. The quantitative estimate of drug-likeness (QED) is 0.912. The summed E-state index contributed by atoms with van der Waals surface area (Å²) in [5.74, 6) is -0.329. The fraction of sp³-hybridized carbons (Fsp3) is 0.500. The standard InChI is InChI=1S/C16H20N2O2/c1-3-13(14-5-7-17-15(14)4-1)11-18-8-2-6-16(12-18)19-9-10-20-16/h1,3-5,7,17H,2,6,8-12H2. The zero-order valence-corrected chi connectivity index (χ0v) is 11.6. The number of hydrogen-bond donors (Lipinski definition) is 1. The van der Waals surface area contributed by atoms with Crippen LogP contribution >= 0.6 is 0 Å². The Morgan fingerprint density at radius 1 is 1.20 bits per heavy atom. The van der Waals surface area contributed by atoms with Crippen LogP contribution < -0.4 is 0 Å². The first-order chi connectivity index (χ1) is 9.85. The van der Waals surface area contributed by atoms with Gasteiger partial charge < -0.3 is 14.5 Å². The van der Waals surface area contributed by atoms with Crippen LogP contribution in [0.3, 0.4) is 0 Å². The van der Waals surface area contributed by atoms with Gasteiger partial charge in [-0.2, -0.15) is 0 Å². The molecule has 0 amide bonds. The molecule has 0 aliphatic carbocycles. The number of ether oxygens (including phenoxy) is 2. The highest BCUT2D eigenvalue weighted by Crippen LogP contribution is 2.31. The van der Waals surface area contributed by atoms with E-state index in [-0.39, 0.29) is 5.79 Å². The lowest BCUT2D eigenvalue weighted by atomic mass is 10.0. The summed E-state index contributed by atoms with van der Waals surface area (Å²) in [6, 6.07) is 8.62. The summed E-state index contributed by atoms with van der Waals surface area (Å²) in [4.78, 5) is 5.73. The van der Waals surface area contributed by atoms with Crippen molar-refractivity contribution in [1.29, 1.82) is 0 Å². The van der Waals surface area contributed by atoms with Crippen LogP contribution in [0.2, 0.25) is 0 Å². The normalized spacial score (nSPS) is 22.8. The van der Waals surface area contributed by atoms with Crippen LogP contribution in [-0.2, 0) is 16.0 Å². The highest BCUT2D eigenvalue weighted by Gasteiger charge is 2.40. The van der Waals surface area contributed by atoms with E-state index < -0.39 is 0 Å². The van der Waals surface area contributed by atoms with Gasteiger partial charge in [0.2, 0.25) is 0 Å². The van der Waals surface area contributed by atoms with E-state index in [0.29, 0.717) is 0 Å². The molecule has 2 fully saturated rings. The van der Waals surface area contributed by atoms with E-state index in [9.17, 15) is 0 Å². The van der Waals surface area contributed by atoms with Crippen LogP contribution in [0, 0.1) is 0 Å². The number of piperidine rings is 1. The van der Waals surface area contributed by atoms with Crippen molar-refractivity contribution in [1.82, 2.24) is 9.88 Å². The minimum absolute atomic E-state index is 0.329. The van der Waals surface area contributed by atoms with Crippen molar-refractivity contribution in [3.63, 3.8) is 0 Å². The molecule has 0 saturated carbocycles. The van der Waals surface area contributed by atoms with Crippen LogP contribution in [0.5, 0.6) is 0 Å². The van der Waals surface area contributed by atoms with Crippen LogP contribution in [0.25, 0.3) is 10.9 Å². The van der Waals surface area contributed by atoms with Crippen molar-refractivity contribution in [3.05, 3.63) is 36.0 Å². The molecule has 106 valence electrons. The molecule has 1 aromatic carbocycles. The third kappa shape index (κ3) is 2.14. The number of fused-ring (bicyclic) bond motifs is 1. The molecule has 1 N–H and O–H groups in total. The Bertz CT molecular complexity index is 601. The molecular formula is C16H20N2O2. The van der Waals surface area contributed by atoms with Crippen molar-refractivity contribution in [2.24, 2.45) is 0 Å². The first-order valence-electron chi connectivity index (χ1n) is 7.40. The molecule has 1 aromatic heterocycles. The molecule has 2 aromatic rings. The van der Waals surface area contributed by atoms with Crippen molar-refractivity contribution >= 4 is 10.9 Å². The highest BCUT2D eigenvalue weighted by atomic mass is 16.7. The maximum atomic E-state index is 5.85. The zero-order valence-electron chi connectivity index (χ0n) is 11.6. The second-order valence-corrected chi connectivity index (χ2v) is 5.78. The Balaban J connectivity index is 1.55. The van der Waals surface area contributed by atoms with Gasteiger partial charge >= 0.3 is 0 Å². The SMILES string of the molecule is c1cc(CN2CCCC3(C2)OCCO3)c2cc[nH]c2c1. The predicted molar refractivity (Wildman–Crippen MR) is 77.4 cm³/mol. The predicted octanol–water partition coefficient (Wildman–Crippen LogP) is 2.51. The third-order valence-corrected chi connectivity index (χ3v) is 4.39. The zero-order chi connectivity index (χ0) is 13.4. The van der Waals surface area contributed by atoms with Gasteiger partial charge in [0.05, 0.1) is 19.8 Å². The fourth-order valence-electron chi connectivity index (χ4n) is 3.47. The topological polar surface area (TPSA) is 37.5 Å². The van der Waals surface area contributed by atoms with E-state index in [1.54, 1.807) is 0 Å². The summed E-state index contributed by atoms with van der Waals surface area (Å²) in [5, 5.41) is 1.32. The Kier molecular flexibility index (Phi) is 3.02. The van der Waals surface area contributed by atoms with E-state index in [2.05, 4.69) is 34.1 Å². The van der Waals surface area contributed by atoms with E-state index >= 15 is 0 Å². The van der Waals surface area contributed by atoms with Gasteiger partial charge in [0, 0.05) is 30.1 Å². The molecule has 0 radical (unpaired) electrons. The van der Waals surface area contributed by atoms with Gasteiger partial charge in [0.15, 0.2) is 5.79 Å². The molecule has 0 atom stereocenters. The van der Waals surface area contributed by atoms with Crippen LogP contribution in [0.15, 0.2) is 30.5 Å². The lowest BCUT2D eigenvalue weighted by Gasteiger charge is -2.38. The molecule has 0 unspecified atom stereocenters. The molecule has 4 heteroatoms.